The molecule has 0 aliphatic heterocycles. The number of ether oxygens (including phenoxy) is 3. The Hall–Kier alpha value is -4.73. The van der Waals surface area contributed by atoms with E-state index in [4.69, 9.17) is 19.6 Å². The van der Waals surface area contributed by atoms with Gasteiger partial charge in [-0.25, -0.2) is 19.8 Å². The van der Waals surface area contributed by atoms with Crippen molar-refractivity contribution in [2.24, 2.45) is 4.99 Å². The fourth-order valence-corrected chi connectivity index (χ4v) is 3.65. The maximum atomic E-state index is 11.8. The number of aromatic nitrogens is 2. The lowest BCUT2D eigenvalue weighted by Gasteiger charge is -2.19. The van der Waals surface area contributed by atoms with Crippen molar-refractivity contribution in [1.29, 1.82) is 5.41 Å². The Kier molecular flexibility index (Phi) is 10.3. The summed E-state index contributed by atoms with van der Waals surface area (Å²) >= 11 is 0. The molecule has 1 aromatic heterocycles. The van der Waals surface area contributed by atoms with Crippen LogP contribution in [0.1, 0.15) is 18.9 Å². The van der Waals surface area contributed by atoms with Gasteiger partial charge in [-0.2, -0.15) is 0 Å². The van der Waals surface area contributed by atoms with E-state index in [9.17, 15) is 4.79 Å². The molecule has 2 aromatic carbocycles. The summed E-state index contributed by atoms with van der Waals surface area (Å²) in [6.07, 6.45) is 7.42. The number of anilines is 2. The lowest BCUT2D eigenvalue weighted by atomic mass is 10.1. The molecule has 0 saturated carbocycles. The van der Waals surface area contributed by atoms with E-state index in [-0.39, 0.29) is 6.09 Å². The summed E-state index contributed by atoms with van der Waals surface area (Å²) in [6, 6.07) is 11.4. The van der Waals surface area contributed by atoms with E-state index in [0.717, 1.165) is 28.5 Å². The van der Waals surface area contributed by atoms with E-state index in [1.807, 2.05) is 50.2 Å². The molecule has 0 radical (unpaired) electrons. The van der Waals surface area contributed by atoms with Crippen molar-refractivity contribution in [1.82, 2.24) is 14.9 Å². The number of benzene rings is 2. The van der Waals surface area contributed by atoms with E-state index < -0.39 is 0 Å². The normalized spacial score (nSPS) is 11.3. The Morgan fingerprint density at radius 1 is 1.24 bits per heavy atom. The zero-order valence-corrected chi connectivity index (χ0v) is 21.8. The average molecular weight is 517 g/mol. The van der Waals surface area contributed by atoms with Gasteiger partial charge in [-0.15, -0.1) is 0 Å². The largest absolute Gasteiger partial charge is 0.493 e. The van der Waals surface area contributed by atoms with Gasteiger partial charge in [0.15, 0.2) is 0 Å². The molecule has 3 rings (SSSR count). The van der Waals surface area contributed by atoms with E-state index in [1.54, 1.807) is 17.1 Å². The van der Waals surface area contributed by atoms with Gasteiger partial charge in [0, 0.05) is 25.0 Å². The highest BCUT2D eigenvalue weighted by Crippen LogP contribution is 2.33. The van der Waals surface area contributed by atoms with Crippen molar-refractivity contribution in [2.75, 3.05) is 32.1 Å². The number of hydrogen-bond donors (Lipinski definition) is 2. The standard InChI is InChI=1S/C28H32N6O4/c1-5-22(13-14-30-18-29)38-24-12-11-21(17-20(24)3)33-27-26-23(31-19-32-27)9-7-10-25(26)37-16-8-15-34(6-2)28(35)36-4/h5,7,9-14,17-19,29H,1,6,8,15-16H2,2-4H3,(H,31,32,33)/b22-13+,29-18?,30-14?. The fraction of sp³-hybridized carbons (Fsp3) is 0.250. The maximum absolute atomic E-state index is 11.8. The van der Waals surface area contributed by atoms with Gasteiger partial charge in [0.25, 0.3) is 0 Å². The zero-order valence-electron chi connectivity index (χ0n) is 21.8. The van der Waals surface area contributed by atoms with Crippen LogP contribution in [0.15, 0.2) is 72.2 Å². The van der Waals surface area contributed by atoms with Crippen molar-refractivity contribution in [3.05, 3.63) is 72.8 Å². The van der Waals surface area contributed by atoms with Gasteiger partial charge in [0.1, 0.15) is 35.7 Å². The van der Waals surface area contributed by atoms with Crippen molar-refractivity contribution in [3.63, 3.8) is 0 Å². The lowest BCUT2D eigenvalue weighted by molar-refractivity contribution is 0.123. The minimum Gasteiger partial charge on any atom is -0.493 e. The zero-order chi connectivity index (χ0) is 27.3. The second-order valence-corrected chi connectivity index (χ2v) is 8.03. The molecule has 0 bridgehead atoms. The molecular weight excluding hydrogens is 484 g/mol. The van der Waals surface area contributed by atoms with Crippen LogP contribution in [-0.4, -0.2) is 60.3 Å². The number of carbonyl (C=O) groups excluding carboxylic acids is 1. The van der Waals surface area contributed by atoms with Crippen LogP contribution in [0, 0.1) is 12.3 Å². The predicted octanol–water partition coefficient (Wildman–Crippen LogP) is 5.67. The molecular formula is C28H32N6O4. The number of nitrogens with one attached hydrogen (secondary N) is 2. The number of fused-ring (bicyclic) bond motifs is 1. The summed E-state index contributed by atoms with van der Waals surface area (Å²) in [5, 5.41) is 11.1. The fourth-order valence-electron chi connectivity index (χ4n) is 3.65. The third-order valence-electron chi connectivity index (χ3n) is 5.54. The van der Waals surface area contributed by atoms with Gasteiger partial charge in [-0.05, 0) is 68.3 Å². The van der Waals surface area contributed by atoms with E-state index >= 15 is 0 Å². The first-order valence-corrected chi connectivity index (χ1v) is 12.1. The molecule has 10 nitrogen and oxygen atoms in total. The molecule has 0 aliphatic carbocycles. The number of methoxy groups -OCH3 is 1. The van der Waals surface area contributed by atoms with Crippen LogP contribution in [0.5, 0.6) is 11.5 Å². The summed E-state index contributed by atoms with van der Waals surface area (Å²) in [6.45, 7) is 9.10. The molecule has 2 N–H and O–H groups in total. The number of aryl methyl sites for hydroxylation is 1. The molecule has 0 fully saturated rings. The summed E-state index contributed by atoms with van der Waals surface area (Å²) < 4.78 is 16.8. The van der Waals surface area contributed by atoms with Crippen LogP contribution >= 0.6 is 0 Å². The Morgan fingerprint density at radius 3 is 2.79 bits per heavy atom. The van der Waals surface area contributed by atoms with Crippen molar-refractivity contribution in [3.8, 4) is 11.5 Å². The smallest absolute Gasteiger partial charge is 0.409 e. The van der Waals surface area contributed by atoms with Gasteiger partial charge in [-0.3, -0.25) is 5.41 Å². The van der Waals surface area contributed by atoms with E-state index in [0.29, 0.717) is 49.2 Å². The molecule has 3 aromatic rings. The monoisotopic (exact) mass is 516 g/mol. The number of aliphatic imine (C=N–C) groups is 1. The molecule has 0 spiro atoms. The first kappa shape index (κ1) is 27.9. The van der Waals surface area contributed by atoms with Crippen molar-refractivity contribution in [2.45, 2.75) is 20.3 Å². The highest BCUT2D eigenvalue weighted by atomic mass is 16.5. The van der Waals surface area contributed by atoms with E-state index in [1.165, 1.54) is 19.7 Å². The van der Waals surface area contributed by atoms with Crippen molar-refractivity contribution >= 4 is 41.1 Å². The molecule has 0 aliphatic rings. The molecule has 0 saturated heterocycles. The third-order valence-corrected chi connectivity index (χ3v) is 5.54. The van der Waals surface area contributed by atoms with Gasteiger partial charge in [0.05, 0.1) is 24.6 Å². The topological polar surface area (TPSA) is 122 Å². The highest BCUT2D eigenvalue weighted by Gasteiger charge is 2.13. The summed E-state index contributed by atoms with van der Waals surface area (Å²) in [5.41, 5.74) is 2.46. The van der Waals surface area contributed by atoms with Gasteiger partial charge in [-0.1, -0.05) is 12.6 Å². The lowest BCUT2D eigenvalue weighted by Crippen LogP contribution is -2.32. The average Bonchev–Trinajstić information content (AvgIpc) is 2.93. The van der Waals surface area contributed by atoms with Crippen LogP contribution < -0.4 is 14.8 Å². The number of allylic oxidation sites excluding steroid dienone is 2. The minimum absolute atomic E-state index is 0.349. The Labute approximate surface area is 222 Å². The Balaban J connectivity index is 1.76. The number of rotatable bonds is 13. The first-order valence-electron chi connectivity index (χ1n) is 12.1. The van der Waals surface area contributed by atoms with Crippen molar-refractivity contribution < 1.29 is 19.0 Å². The van der Waals surface area contributed by atoms with Gasteiger partial charge >= 0.3 is 6.09 Å². The van der Waals surface area contributed by atoms with E-state index in [2.05, 4.69) is 26.9 Å². The number of hydrogen-bond acceptors (Lipinski definition) is 8. The van der Waals surface area contributed by atoms with Crippen LogP contribution in [0.2, 0.25) is 0 Å². The van der Waals surface area contributed by atoms with Crippen LogP contribution in [0.4, 0.5) is 16.3 Å². The van der Waals surface area contributed by atoms with Crippen LogP contribution in [-0.2, 0) is 4.74 Å². The summed E-state index contributed by atoms with van der Waals surface area (Å²) in [5.74, 6) is 2.43. The van der Waals surface area contributed by atoms with Crippen LogP contribution in [0.25, 0.3) is 10.9 Å². The van der Waals surface area contributed by atoms with Gasteiger partial charge in [0.2, 0.25) is 0 Å². The second kappa shape index (κ2) is 14.1. The summed E-state index contributed by atoms with van der Waals surface area (Å²) in [4.78, 5) is 26.0. The Bertz CT molecular complexity index is 1330. The molecule has 38 heavy (non-hydrogen) atoms. The molecule has 198 valence electrons. The predicted molar refractivity (Wildman–Crippen MR) is 150 cm³/mol. The summed E-state index contributed by atoms with van der Waals surface area (Å²) in [7, 11) is 1.38. The minimum atomic E-state index is -0.349. The number of carbonyl (C=O) groups is 1. The molecule has 10 heteroatoms. The number of amides is 1. The Morgan fingerprint density at radius 2 is 2.08 bits per heavy atom. The quantitative estimate of drug-likeness (QED) is 0.0987. The SMILES string of the molecule is C=C/C(=C\C=NC=N)Oc1ccc(Nc2ncnc3cccc(OCCCN(CC)C(=O)OC)c23)cc1C. The molecule has 0 unspecified atom stereocenters. The van der Waals surface area contributed by atoms with Crippen LogP contribution in [0.3, 0.4) is 0 Å². The number of nitrogens with zero attached hydrogens (tertiary/aromatic N) is 4. The molecule has 1 heterocycles. The van der Waals surface area contributed by atoms with Gasteiger partial charge < -0.3 is 24.4 Å². The maximum Gasteiger partial charge on any atom is 0.409 e. The second-order valence-electron chi connectivity index (χ2n) is 8.03. The molecule has 0 atom stereocenters. The third kappa shape index (κ3) is 7.39. The first-order chi connectivity index (χ1) is 18.5. The highest BCUT2D eigenvalue weighted by molar-refractivity contribution is 5.95. The molecule has 1 amide bonds.